The molecule has 5 aromatic carbocycles. The lowest BCUT2D eigenvalue weighted by molar-refractivity contribution is -0.116. The summed E-state index contributed by atoms with van der Waals surface area (Å²) in [4.78, 5) is 52.4. The highest BCUT2D eigenvalue weighted by Crippen LogP contribution is 2.37. The van der Waals surface area contributed by atoms with Gasteiger partial charge in [0.2, 0.25) is 11.8 Å². The first-order valence-electron chi connectivity index (χ1n) is 14.9. The van der Waals surface area contributed by atoms with E-state index in [0.29, 0.717) is 33.2 Å². The van der Waals surface area contributed by atoms with Crippen LogP contribution in [0.4, 0.5) is 17.1 Å². The fraction of sp³-hybridized carbons (Fsp3) is 0.0526. The first-order chi connectivity index (χ1) is 23.2. The molecule has 48 heavy (non-hydrogen) atoms. The van der Waals surface area contributed by atoms with Gasteiger partial charge in [-0.05, 0) is 77.9 Å². The SMILES string of the molecule is CC(=O)Nc1ccc(NC(=O)C(Sc2cccc(NC(=O)/C(=C\c3ccccc3Cl)NC(=O)c3ccccc3)c2)c2ccccc2)cc1. The molecule has 0 aromatic heterocycles. The number of rotatable bonds is 11. The molecule has 10 heteroatoms. The molecule has 0 aliphatic rings. The maximum atomic E-state index is 13.6. The molecular weight excluding hydrogens is 644 g/mol. The minimum atomic E-state index is -0.631. The second-order valence-electron chi connectivity index (χ2n) is 10.5. The van der Waals surface area contributed by atoms with Crippen LogP contribution in [0.2, 0.25) is 5.02 Å². The number of halogens is 1. The summed E-state index contributed by atoms with van der Waals surface area (Å²) in [5.74, 6) is -1.44. The summed E-state index contributed by atoms with van der Waals surface area (Å²) in [6, 6.07) is 38.9. The van der Waals surface area contributed by atoms with Crippen molar-refractivity contribution in [3.8, 4) is 0 Å². The highest BCUT2D eigenvalue weighted by atomic mass is 35.5. The number of hydrogen-bond donors (Lipinski definition) is 4. The molecule has 0 aliphatic carbocycles. The molecule has 8 nitrogen and oxygen atoms in total. The number of nitrogens with one attached hydrogen (secondary N) is 4. The van der Waals surface area contributed by atoms with E-state index in [1.54, 1.807) is 97.1 Å². The van der Waals surface area contributed by atoms with Crippen LogP contribution < -0.4 is 21.3 Å². The topological polar surface area (TPSA) is 116 Å². The molecule has 4 N–H and O–H groups in total. The minimum Gasteiger partial charge on any atom is -0.326 e. The molecule has 5 rings (SSSR count). The third-order valence-corrected chi connectivity index (χ3v) is 8.49. The predicted octanol–water partition coefficient (Wildman–Crippen LogP) is 8.18. The highest BCUT2D eigenvalue weighted by molar-refractivity contribution is 8.00. The molecule has 0 bridgehead atoms. The molecule has 0 saturated carbocycles. The Morgan fingerprint density at radius 3 is 1.96 bits per heavy atom. The Labute approximate surface area is 287 Å². The van der Waals surface area contributed by atoms with Gasteiger partial charge in [-0.2, -0.15) is 0 Å². The summed E-state index contributed by atoms with van der Waals surface area (Å²) in [5.41, 5.74) is 3.40. The second kappa shape index (κ2) is 16.3. The lowest BCUT2D eigenvalue weighted by atomic mass is 10.1. The predicted molar refractivity (Wildman–Crippen MR) is 193 cm³/mol. The Hall–Kier alpha value is -5.64. The molecule has 4 amide bonds. The molecule has 0 radical (unpaired) electrons. The zero-order valence-corrected chi connectivity index (χ0v) is 27.3. The van der Waals surface area contributed by atoms with E-state index in [1.165, 1.54) is 24.8 Å². The Balaban J connectivity index is 1.36. The monoisotopic (exact) mass is 674 g/mol. The quantitative estimate of drug-likeness (QED) is 0.0833. The molecule has 240 valence electrons. The van der Waals surface area contributed by atoms with Gasteiger partial charge in [-0.25, -0.2) is 0 Å². The highest BCUT2D eigenvalue weighted by Gasteiger charge is 2.23. The Kier molecular flexibility index (Phi) is 11.4. The van der Waals surface area contributed by atoms with Crippen molar-refractivity contribution < 1.29 is 19.2 Å². The van der Waals surface area contributed by atoms with Crippen molar-refractivity contribution in [1.82, 2.24) is 5.32 Å². The Morgan fingerprint density at radius 2 is 1.29 bits per heavy atom. The maximum absolute atomic E-state index is 13.6. The molecule has 0 heterocycles. The zero-order valence-electron chi connectivity index (χ0n) is 25.8. The van der Waals surface area contributed by atoms with Crippen LogP contribution in [0.5, 0.6) is 0 Å². The van der Waals surface area contributed by atoms with Crippen molar-refractivity contribution in [3.63, 3.8) is 0 Å². The molecule has 0 aliphatic heterocycles. The van der Waals surface area contributed by atoms with Gasteiger partial charge in [-0.15, -0.1) is 11.8 Å². The molecular formula is C38H31ClN4O4S. The summed E-state index contributed by atoms with van der Waals surface area (Å²) < 4.78 is 0. The van der Waals surface area contributed by atoms with Crippen molar-refractivity contribution in [2.24, 2.45) is 0 Å². The van der Waals surface area contributed by atoms with Gasteiger partial charge in [-0.3, -0.25) is 19.2 Å². The largest absolute Gasteiger partial charge is 0.326 e. The van der Waals surface area contributed by atoms with E-state index in [9.17, 15) is 19.2 Å². The smallest absolute Gasteiger partial charge is 0.272 e. The summed E-state index contributed by atoms with van der Waals surface area (Å²) in [6.45, 7) is 1.43. The first kappa shape index (κ1) is 33.7. The van der Waals surface area contributed by atoms with Crippen molar-refractivity contribution in [3.05, 3.63) is 161 Å². The minimum absolute atomic E-state index is 0.000991. The van der Waals surface area contributed by atoms with Crippen molar-refractivity contribution in [2.75, 3.05) is 16.0 Å². The van der Waals surface area contributed by atoms with Crippen molar-refractivity contribution in [1.29, 1.82) is 0 Å². The zero-order chi connectivity index (χ0) is 33.9. The number of carbonyl (C=O) groups is 4. The molecule has 1 atom stereocenters. The number of amides is 4. The number of hydrogen-bond acceptors (Lipinski definition) is 5. The normalized spacial score (nSPS) is 11.6. The summed E-state index contributed by atoms with van der Waals surface area (Å²) >= 11 is 7.69. The number of anilines is 3. The van der Waals surface area contributed by atoms with Crippen molar-refractivity contribution >= 4 is 70.1 Å². The lowest BCUT2D eigenvalue weighted by Gasteiger charge is -2.18. The second-order valence-corrected chi connectivity index (χ2v) is 12.1. The van der Waals surface area contributed by atoms with E-state index in [2.05, 4.69) is 21.3 Å². The van der Waals surface area contributed by atoms with Crippen LogP contribution >= 0.6 is 23.4 Å². The van der Waals surface area contributed by atoms with Crippen LogP contribution in [-0.2, 0) is 14.4 Å². The lowest BCUT2D eigenvalue weighted by Crippen LogP contribution is -2.30. The van der Waals surface area contributed by atoms with Crippen molar-refractivity contribution in [2.45, 2.75) is 17.1 Å². The van der Waals surface area contributed by atoms with Crippen LogP contribution in [0.15, 0.2) is 144 Å². The number of carbonyl (C=O) groups excluding carboxylic acids is 4. The van der Waals surface area contributed by atoms with Crippen LogP contribution in [0.3, 0.4) is 0 Å². The van der Waals surface area contributed by atoms with E-state index in [1.807, 2.05) is 36.4 Å². The summed E-state index contributed by atoms with van der Waals surface area (Å²) in [7, 11) is 0. The van der Waals surface area contributed by atoms with Gasteiger partial charge in [0, 0.05) is 39.5 Å². The molecule has 0 spiro atoms. The third-order valence-electron chi connectivity index (χ3n) is 6.89. The summed E-state index contributed by atoms with van der Waals surface area (Å²) in [6.07, 6.45) is 1.52. The maximum Gasteiger partial charge on any atom is 0.272 e. The fourth-order valence-corrected chi connectivity index (χ4v) is 5.89. The average molecular weight is 675 g/mol. The van der Waals surface area contributed by atoms with Gasteiger partial charge in [0.1, 0.15) is 10.9 Å². The molecule has 0 fully saturated rings. The van der Waals surface area contributed by atoms with E-state index >= 15 is 0 Å². The first-order valence-corrected chi connectivity index (χ1v) is 16.1. The molecule has 1 unspecified atom stereocenters. The Morgan fingerprint density at radius 1 is 0.667 bits per heavy atom. The number of benzene rings is 5. The van der Waals surface area contributed by atoms with Gasteiger partial charge in [0.15, 0.2) is 0 Å². The standard InChI is InChI=1S/C38H31ClN4O4S/c1-25(44)40-29-19-21-30(22-20-29)41-38(47)35(26-11-4-2-5-12-26)48-32-17-10-16-31(24-32)42-37(46)34(23-28-15-8-9-18-33(28)39)43-36(45)27-13-6-3-7-14-27/h2-24,35H,1H3,(H,40,44)(H,41,47)(H,42,46)(H,43,45)/b34-23+. The molecule has 0 saturated heterocycles. The third kappa shape index (κ3) is 9.45. The Bertz CT molecular complexity index is 1950. The number of thioether (sulfide) groups is 1. The van der Waals surface area contributed by atoms with E-state index < -0.39 is 17.1 Å². The van der Waals surface area contributed by atoms with Gasteiger partial charge < -0.3 is 21.3 Å². The molecule has 5 aromatic rings. The van der Waals surface area contributed by atoms with Crippen LogP contribution in [0.25, 0.3) is 6.08 Å². The van der Waals surface area contributed by atoms with Gasteiger partial charge >= 0.3 is 0 Å². The average Bonchev–Trinajstić information content (AvgIpc) is 3.09. The van der Waals surface area contributed by atoms with Crippen LogP contribution in [0, 0.1) is 0 Å². The van der Waals surface area contributed by atoms with Gasteiger partial charge in [0.25, 0.3) is 11.8 Å². The van der Waals surface area contributed by atoms with E-state index in [4.69, 9.17) is 11.6 Å². The van der Waals surface area contributed by atoms with E-state index in [0.717, 1.165) is 10.5 Å². The van der Waals surface area contributed by atoms with Crippen LogP contribution in [0.1, 0.15) is 33.7 Å². The van der Waals surface area contributed by atoms with E-state index in [-0.39, 0.29) is 17.5 Å². The van der Waals surface area contributed by atoms with Crippen LogP contribution in [-0.4, -0.2) is 23.6 Å². The summed E-state index contributed by atoms with van der Waals surface area (Å²) in [5, 5.41) is 11.1. The fourth-order valence-electron chi connectivity index (χ4n) is 4.62. The van der Waals surface area contributed by atoms with Gasteiger partial charge in [0.05, 0.1) is 0 Å². The van der Waals surface area contributed by atoms with Gasteiger partial charge in [-0.1, -0.05) is 84.4 Å².